The molecule has 0 spiro atoms. The van der Waals surface area contributed by atoms with E-state index < -0.39 is 17.8 Å². The summed E-state index contributed by atoms with van der Waals surface area (Å²) in [5.74, 6) is 0.0904. The van der Waals surface area contributed by atoms with Gasteiger partial charge in [-0.3, -0.25) is 4.79 Å². The molecular weight excluding hydrogens is 270 g/mol. The molecule has 1 heterocycles. The van der Waals surface area contributed by atoms with Gasteiger partial charge in [0.25, 0.3) is 5.56 Å². The van der Waals surface area contributed by atoms with E-state index >= 15 is 0 Å². The average Bonchev–Trinajstić information content (AvgIpc) is 2.19. The first-order chi connectivity index (χ1) is 6.56. The van der Waals surface area contributed by atoms with Gasteiger partial charge in [-0.25, -0.2) is 0 Å². The van der Waals surface area contributed by atoms with Gasteiger partial charge in [0.15, 0.2) is 0 Å². The van der Waals surface area contributed by atoms with Crippen LogP contribution in [0.5, 0.6) is 0 Å². The largest absolute Gasteiger partial charge is 0.389 e. The normalized spacial score (nSPS) is 15.1. The van der Waals surface area contributed by atoms with Crippen molar-refractivity contribution in [1.29, 1.82) is 0 Å². The SMILES string of the molecule is O=c1[nH]cc(Br)cc1C(O)C(O)CS. The van der Waals surface area contributed by atoms with Crippen molar-refractivity contribution < 1.29 is 10.2 Å². The van der Waals surface area contributed by atoms with Crippen molar-refractivity contribution in [3.8, 4) is 0 Å². The molecule has 1 aromatic rings. The predicted octanol–water partition coefficient (Wildman–Crippen LogP) is 0.462. The molecule has 1 aromatic heterocycles. The second-order valence-electron chi connectivity index (χ2n) is 2.80. The van der Waals surface area contributed by atoms with Gasteiger partial charge in [-0.2, -0.15) is 12.6 Å². The highest BCUT2D eigenvalue weighted by molar-refractivity contribution is 9.10. The number of H-pyrrole nitrogens is 1. The topological polar surface area (TPSA) is 73.3 Å². The molecule has 0 bridgehead atoms. The number of halogens is 1. The molecule has 2 unspecified atom stereocenters. The second-order valence-corrected chi connectivity index (χ2v) is 4.08. The molecule has 0 aliphatic rings. The van der Waals surface area contributed by atoms with E-state index in [9.17, 15) is 15.0 Å². The highest BCUT2D eigenvalue weighted by Crippen LogP contribution is 2.17. The molecule has 0 aliphatic carbocycles. The molecule has 0 amide bonds. The van der Waals surface area contributed by atoms with Crippen molar-refractivity contribution in [2.45, 2.75) is 12.2 Å². The third kappa shape index (κ3) is 2.60. The van der Waals surface area contributed by atoms with E-state index in [4.69, 9.17) is 0 Å². The van der Waals surface area contributed by atoms with Gasteiger partial charge >= 0.3 is 0 Å². The van der Waals surface area contributed by atoms with Crippen LogP contribution >= 0.6 is 28.6 Å². The summed E-state index contributed by atoms with van der Waals surface area (Å²) in [6, 6.07) is 1.47. The summed E-state index contributed by atoms with van der Waals surface area (Å²) in [5.41, 5.74) is -0.289. The first-order valence-electron chi connectivity index (χ1n) is 3.91. The minimum absolute atomic E-state index is 0.0904. The molecule has 3 N–H and O–H groups in total. The second kappa shape index (κ2) is 4.97. The molecule has 78 valence electrons. The van der Waals surface area contributed by atoms with E-state index in [1.807, 2.05) is 0 Å². The van der Waals surface area contributed by atoms with E-state index in [2.05, 4.69) is 33.5 Å². The van der Waals surface area contributed by atoms with Crippen LogP contribution in [-0.4, -0.2) is 27.1 Å². The quantitative estimate of drug-likeness (QED) is 0.608. The summed E-state index contributed by atoms with van der Waals surface area (Å²) in [7, 11) is 0. The summed E-state index contributed by atoms with van der Waals surface area (Å²) < 4.78 is 0.637. The number of pyridine rings is 1. The Morgan fingerprint density at radius 2 is 2.21 bits per heavy atom. The van der Waals surface area contributed by atoms with Gasteiger partial charge in [0.05, 0.1) is 6.10 Å². The molecule has 0 aliphatic heterocycles. The third-order valence-electron chi connectivity index (χ3n) is 1.77. The number of aromatic nitrogens is 1. The van der Waals surface area contributed by atoms with Gasteiger partial charge in [-0.15, -0.1) is 0 Å². The van der Waals surface area contributed by atoms with Crippen LogP contribution < -0.4 is 5.56 Å². The zero-order valence-electron chi connectivity index (χ0n) is 7.14. The Kier molecular flexibility index (Phi) is 4.18. The third-order valence-corrected chi connectivity index (χ3v) is 2.60. The van der Waals surface area contributed by atoms with Crippen molar-refractivity contribution in [2.24, 2.45) is 0 Å². The molecule has 1 rings (SSSR count). The van der Waals surface area contributed by atoms with Crippen molar-refractivity contribution in [1.82, 2.24) is 4.98 Å². The van der Waals surface area contributed by atoms with Crippen LogP contribution in [0, 0.1) is 0 Å². The number of rotatable bonds is 3. The van der Waals surface area contributed by atoms with Crippen LogP contribution in [-0.2, 0) is 0 Å². The lowest BCUT2D eigenvalue weighted by Crippen LogP contribution is -2.26. The van der Waals surface area contributed by atoms with Gasteiger partial charge in [-0.05, 0) is 22.0 Å². The number of aliphatic hydroxyl groups is 2. The zero-order valence-corrected chi connectivity index (χ0v) is 9.62. The van der Waals surface area contributed by atoms with E-state index in [-0.39, 0.29) is 11.3 Å². The fourth-order valence-corrected chi connectivity index (χ4v) is 1.56. The zero-order chi connectivity index (χ0) is 10.7. The van der Waals surface area contributed by atoms with Crippen molar-refractivity contribution in [3.63, 3.8) is 0 Å². The Morgan fingerprint density at radius 3 is 2.79 bits per heavy atom. The maximum Gasteiger partial charge on any atom is 0.253 e. The Balaban J connectivity index is 3.05. The highest BCUT2D eigenvalue weighted by Gasteiger charge is 2.19. The minimum Gasteiger partial charge on any atom is -0.389 e. The van der Waals surface area contributed by atoms with Crippen LogP contribution in [0.2, 0.25) is 0 Å². The van der Waals surface area contributed by atoms with Crippen molar-refractivity contribution in [3.05, 3.63) is 32.7 Å². The fourth-order valence-electron chi connectivity index (χ4n) is 1.00. The first kappa shape index (κ1) is 11.8. The number of aliphatic hydroxyl groups excluding tert-OH is 2. The summed E-state index contributed by atoms with van der Waals surface area (Å²) in [6.07, 6.45) is -0.798. The lowest BCUT2D eigenvalue weighted by Gasteiger charge is -2.15. The number of hydrogen-bond acceptors (Lipinski definition) is 4. The smallest absolute Gasteiger partial charge is 0.253 e. The van der Waals surface area contributed by atoms with Crippen LogP contribution in [0.15, 0.2) is 21.5 Å². The molecule has 0 radical (unpaired) electrons. The number of thiol groups is 1. The van der Waals surface area contributed by atoms with Gasteiger partial charge in [0.1, 0.15) is 6.10 Å². The van der Waals surface area contributed by atoms with Crippen LogP contribution in [0.25, 0.3) is 0 Å². The molecule has 0 fully saturated rings. The monoisotopic (exact) mass is 279 g/mol. The molecule has 0 saturated heterocycles. The Morgan fingerprint density at radius 1 is 1.57 bits per heavy atom. The number of hydrogen-bond donors (Lipinski definition) is 4. The van der Waals surface area contributed by atoms with Gasteiger partial charge in [0.2, 0.25) is 0 Å². The maximum absolute atomic E-state index is 11.3. The predicted molar refractivity (Wildman–Crippen MR) is 59.6 cm³/mol. The summed E-state index contributed by atoms with van der Waals surface area (Å²) in [5, 5.41) is 18.9. The van der Waals surface area contributed by atoms with Crippen LogP contribution in [0.4, 0.5) is 0 Å². The lowest BCUT2D eigenvalue weighted by atomic mass is 10.1. The van der Waals surface area contributed by atoms with E-state index in [0.717, 1.165) is 0 Å². The molecule has 0 aromatic carbocycles. The summed E-state index contributed by atoms with van der Waals surface area (Å²) in [4.78, 5) is 13.7. The van der Waals surface area contributed by atoms with E-state index in [0.29, 0.717) is 4.47 Å². The maximum atomic E-state index is 11.3. The highest BCUT2D eigenvalue weighted by atomic mass is 79.9. The molecule has 14 heavy (non-hydrogen) atoms. The van der Waals surface area contributed by atoms with Gasteiger partial charge in [-0.1, -0.05) is 0 Å². The molecule has 2 atom stereocenters. The molecule has 6 heteroatoms. The van der Waals surface area contributed by atoms with Gasteiger partial charge < -0.3 is 15.2 Å². The minimum atomic E-state index is -1.21. The molecular formula is C8H10BrNO3S. The lowest BCUT2D eigenvalue weighted by molar-refractivity contribution is 0.0328. The Labute approximate surface area is 94.5 Å². The number of aromatic amines is 1. The Hall–Kier alpha value is -0.300. The number of nitrogens with one attached hydrogen (secondary N) is 1. The van der Waals surface area contributed by atoms with E-state index in [1.165, 1.54) is 12.3 Å². The van der Waals surface area contributed by atoms with E-state index in [1.54, 1.807) is 0 Å². The average molecular weight is 280 g/mol. The van der Waals surface area contributed by atoms with Crippen molar-refractivity contribution in [2.75, 3.05) is 5.75 Å². The summed E-state index contributed by atoms with van der Waals surface area (Å²) >= 11 is 6.98. The van der Waals surface area contributed by atoms with Crippen LogP contribution in [0.3, 0.4) is 0 Å². The molecule has 4 nitrogen and oxygen atoms in total. The standard InChI is InChI=1S/C8H10BrNO3S/c9-4-1-5(8(13)10-2-4)7(12)6(11)3-14/h1-2,6-7,11-12,14H,3H2,(H,10,13). The van der Waals surface area contributed by atoms with Crippen molar-refractivity contribution >= 4 is 28.6 Å². The fraction of sp³-hybridized carbons (Fsp3) is 0.375. The Bertz CT molecular complexity index is 368. The van der Waals surface area contributed by atoms with Gasteiger partial charge in [0, 0.05) is 22.0 Å². The first-order valence-corrected chi connectivity index (χ1v) is 5.34. The summed E-state index contributed by atoms with van der Waals surface area (Å²) in [6.45, 7) is 0. The molecule has 0 saturated carbocycles. The van der Waals surface area contributed by atoms with Crippen LogP contribution in [0.1, 0.15) is 11.7 Å².